The van der Waals surface area contributed by atoms with Crippen molar-refractivity contribution in [3.63, 3.8) is 0 Å². The first-order valence-corrected chi connectivity index (χ1v) is 5.18. The minimum absolute atomic E-state index is 0.295. The van der Waals surface area contributed by atoms with Crippen molar-refractivity contribution in [1.29, 1.82) is 0 Å². The maximum absolute atomic E-state index is 9.42. The summed E-state index contributed by atoms with van der Waals surface area (Å²) in [7, 11) is 0. The number of aliphatic hydroxyl groups excluding tert-OH is 1. The summed E-state index contributed by atoms with van der Waals surface area (Å²) in [5.74, 6) is 0. The predicted molar refractivity (Wildman–Crippen MR) is 55.8 cm³/mol. The second-order valence-corrected chi connectivity index (χ2v) is 3.33. The molecule has 0 aromatic heterocycles. The molecule has 1 atom stereocenters. The fourth-order valence-corrected chi connectivity index (χ4v) is 1.18. The number of rotatable bonds is 9. The predicted octanol–water partition coefficient (Wildman–Crippen LogP) is 2.52. The SMILES string of the molecule is C=CCOCC(O)CCCCCC. The second-order valence-electron chi connectivity index (χ2n) is 3.33. The van der Waals surface area contributed by atoms with Gasteiger partial charge in [-0.15, -0.1) is 6.58 Å². The van der Waals surface area contributed by atoms with E-state index in [0.29, 0.717) is 13.2 Å². The Morgan fingerprint density at radius 1 is 1.38 bits per heavy atom. The Morgan fingerprint density at radius 3 is 2.77 bits per heavy atom. The lowest BCUT2D eigenvalue weighted by Gasteiger charge is -2.09. The first-order valence-electron chi connectivity index (χ1n) is 5.18. The van der Waals surface area contributed by atoms with Crippen molar-refractivity contribution in [2.24, 2.45) is 0 Å². The molecule has 1 N–H and O–H groups in total. The highest BCUT2D eigenvalue weighted by molar-refractivity contribution is 4.64. The first kappa shape index (κ1) is 12.7. The van der Waals surface area contributed by atoms with Crippen LogP contribution in [0.4, 0.5) is 0 Å². The fraction of sp³-hybridized carbons (Fsp3) is 0.818. The first-order chi connectivity index (χ1) is 6.31. The van der Waals surface area contributed by atoms with E-state index in [0.717, 1.165) is 12.8 Å². The lowest BCUT2D eigenvalue weighted by atomic mass is 10.1. The normalized spacial score (nSPS) is 12.8. The summed E-state index contributed by atoms with van der Waals surface area (Å²) >= 11 is 0. The molecule has 1 unspecified atom stereocenters. The third-order valence-corrected chi connectivity index (χ3v) is 1.94. The largest absolute Gasteiger partial charge is 0.391 e. The van der Waals surface area contributed by atoms with Gasteiger partial charge in [-0.1, -0.05) is 38.7 Å². The highest BCUT2D eigenvalue weighted by Gasteiger charge is 2.02. The lowest BCUT2D eigenvalue weighted by Crippen LogP contribution is -2.15. The van der Waals surface area contributed by atoms with E-state index in [-0.39, 0.29) is 6.10 Å². The molecule has 0 rings (SSSR count). The zero-order chi connectivity index (χ0) is 9.94. The molecule has 0 amide bonds. The molecule has 0 aromatic rings. The van der Waals surface area contributed by atoms with Crippen LogP contribution < -0.4 is 0 Å². The average Bonchev–Trinajstić information content (AvgIpc) is 2.13. The number of unbranched alkanes of at least 4 members (excludes halogenated alkanes) is 3. The van der Waals surface area contributed by atoms with Crippen molar-refractivity contribution in [3.05, 3.63) is 12.7 Å². The van der Waals surface area contributed by atoms with Gasteiger partial charge in [-0.05, 0) is 6.42 Å². The van der Waals surface area contributed by atoms with Crippen molar-refractivity contribution < 1.29 is 9.84 Å². The summed E-state index contributed by atoms with van der Waals surface area (Å²) < 4.78 is 5.13. The standard InChI is InChI=1S/C11H22O2/c1-3-5-6-7-8-11(12)10-13-9-4-2/h4,11-12H,2-3,5-10H2,1H3. The fourth-order valence-electron chi connectivity index (χ4n) is 1.18. The Kier molecular flexibility index (Phi) is 9.49. The highest BCUT2D eigenvalue weighted by Crippen LogP contribution is 2.05. The summed E-state index contributed by atoms with van der Waals surface area (Å²) in [6.07, 6.45) is 7.09. The van der Waals surface area contributed by atoms with E-state index in [1.165, 1.54) is 19.3 Å². The number of ether oxygens (including phenoxy) is 1. The Bertz CT molecular complexity index is 113. The summed E-state index contributed by atoms with van der Waals surface area (Å²) in [6, 6.07) is 0. The Morgan fingerprint density at radius 2 is 2.15 bits per heavy atom. The molecule has 0 bridgehead atoms. The van der Waals surface area contributed by atoms with Crippen LogP contribution in [0, 0.1) is 0 Å². The molecule has 78 valence electrons. The topological polar surface area (TPSA) is 29.5 Å². The summed E-state index contributed by atoms with van der Waals surface area (Å²) in [5, 5.41) is 9.42. The Hall–Kier alpha value is -0.340. The van der Waals surface area contributed by atoms with Crippen LogP contribution in [0.15, 0.2) is 12.7 Å². The van der Waals surface area contributed by atoms with Gasteiger partial charge < -0.3 is 9.84 Å². The van der Waals surface area contributed by atoms with Crippen LogP contribution in [-0.2, 0) is 4.74 Å². The van der Waals surface area contributed by atoms with Gasteiger partial charge in [0.2, 0.25) is 0 Å². The third kappa shape index (κ3) is 9.57. The molecule has 2 nitrogen and oxygen atoms in total. The lowest BCUT2D eigenvalue weighted by molar-refractivity contribution is 0.0432. The van der Waals surface area contributed by atoms with Gasteiger partial charge in [-0.2, -0.15) is 0 Å². The third-order valence-electron chi connectivity index (χ3n) is 1.94. The van der Waals surface area contributed by atoms with Crippen molar-refractivity contribution in [2.45, 2.75) is 45.1 Å². The summed E-state index contributed by atoms with van der Waals surface area (Å²) in [6.45, 7) is 6.70. The molecule has 13 heavy (non-hydrogen) atoms. The van der Waals surface area contributed by atoms with Gasteiger partial charge in [-0.25, -0.2) is 0 Å². The Balaban J connectivity index is 3.09. The molecule has 0 saturated carbocycles. The van der Waals surface area contributed by atoms with Gasteiger partial charge in [0.1, 0.15) is 0 Å². The molecular weight excluding hydrogens is 164 g/mol. The average molecular weight is 186 g/mol. The summed E-state index contributed by atoms with van der Waals surface area (Å²) in [4.78, 5) is 0. The van der Waals surface area contributed by atoms with Crippen molar-refractivity contribution in [3.8, 4) is 0 Å². The highest BCUT2D eigenvalue weighted by atomic mass is 16.5. The van der Waals surface area contributed by atoms with E-state index >= 15 is 0 Å². The van der Waals surface area contributed by atoms with Gasteiger partial charge in [-0.3, -0.25) is 0 Å². The van der Waals surface area contributed by atoms with E-state index in [1.807, 2.05) is 0 Å². The van der Waals surface area contributed by atoms with E-state index < -0.39 is 0 Å². The van der Waals surface area contributed by atoms with Crippen LogP contribution >= 0.6 is 0 Å². The quantitative estimate of drug-likeness (QED) is 0.443. The number of hydrogen-bond acceptors (Lipinski definition) is 2. The second kappa shape index (κ2) is 9.75. The molecule has 0 aliphatic heterocycles. The van der Waals surface area contributed by atoms with E-state index in [1.54, 1.807) is 6.08 Å². The zero-order valence-electron chi connectivity index (χ0n) is 8.67. The monoisotopic (exact) mass is 186 g/mol. The minimum Gasteiger partial charge on any atom is -0.391 e. The molecule has 0 heterocycles. The zero-order valence-corrected chi connectivity index (χ0v) is 8.67. The smallest absolute Gasteiger partial charge is 0.0773 e. The number of aliphatic hydroxyl groups is 1. The number of hydrogen-bond donors (Lipinski definition) is 1. The molecule has 0 saturated heterocycles. The van der Waals surface area contributed by atoms with Crippen LogP contribution in [0.2, 0.25) is 0 Å². The van der Waals surface area contributed by atoms with Gasteiger partial charge in [0.25, 0.3) is 0 Å². The maximum Gasteiger partial charge on any atom is 0.0773 e. The van der Waals surface area contributed by atoms with E-state index in [4.69, 9.17) is 4.74 Å². The van der Waals surface area contributed by atoms with Crippen LogP contribution in [-0.4, -0.2) is 24.4 Å². The molecule has 0 aromatic carbocycles. The van der Waals surface area contributed by atoms with Crippen molar-refractivity contribution in [1.82, 2.24) is 0 Å². The van der Waals surface area contributed by atoms with Crippen molar-refractivity contribution in [2.75, 3.05) is 13.2 Å². The molecule has 2 heteroatoms. The molecule has 0 fully saturated rings. The van der Waals surface area contributed by atoms with Crippen LogP contribution in [0.25, 0.3) is 0 Å². The molecule has 0 aliphatic carbocycles. The van der Waals surface area contributed by atoms with Crippen LogP contribution in [0.3, 0.4) is 0 Å². The summed E-state index contributed by atoms with van der Waals surface area (Å²) in [5.41, 5.74) is 0. The molecular formula is C11H22O2. The molecule has 0 spiro atoms. The maximum atomic E-state index is 9.42. The van der Waals surface area contributed by atoms with Gasteiger partial charge in [0.15, 0.2) is 0 Å². The minimum atomic E-state index is -0.295. The van der Waals surface area contributed by atoms with E-state index in [9.17, 15) is 5.11 Å². The van der Waals surface area contributed by atoms with Gasteiger partial charge in [0, 0.05) is 0 Å². The van der Waals surface area contributed by atoms with Crippen LogP contribution in [0.5, 0.6) is 0 Å². The molecule has 0 radical (unpaired) electrons. The molecule has 0 aliphatic rings. The van der Waals surface area contributed by atoms with Crippen LogP contribution in [0.1, 0.15) is 39.0 Å². The van der Waals surface area contributed by atoms with E-state index in [2.05, 4.69) is 13.5 Å². The Labute approximate surface area is 81.6 Å². The van der Waals surface area contributed by atoms with Crippen molar-refractivity contribution >= 4 is 0 Å². The van der Waals surface area contributed by atoms with Gasteiger partial charge in [0.05, 0.1) is 19.3 Å². The van der Waals surface area contributed by atoms with Gasteiger partial charge >= 0.3 is 0 Å².